The molecular formula is C15H14ClFN2O. The molecule has 0 amide bonds. The molecule has 0 unspecified atom stereocenters. The maximum Gasteiger partial charge on any atom is 0.183 e. The number of benzene rings is 1. The highest BCUT2D eigenvalue weighted by Crippen LogP contribution is 2.39. The lowest BCUT2D eigenvalue weighted by molar-refractivity contribution is 0.387. The lowest BCUT2D eigenvalue weighted by atomic mass is 10.1. The third-order valence-corrected chi connectivity index (χ3v) is 3.84. The minimum atomic E-state index is -0.557. The van der Waals surface area contributed by atoms with Crippen LogP contribution in [0.1, 0.15) is 17.9 Å². The van der Waals surface area contributed by atoms with Gasteiger partial charge in [0.05, 0.1) is 17.8 Å². The summed E-state index contributed by atoms with van der Waals surface area (Å²) in [4.78, 5) is 4.40. The Morgan fingerprint density at radius 2 is 2.15 bits per heavy atom. The average Bonchev–Trinajstić information content (AvgIpc) is 3.19. The first-order chi connectivity index (χ1) is 9.60. The van der Waals surface area contributed by atoms with Gasteiger partial charge in [-0.05, 0) is 30.2 Å². The van der Waals surface area contributed by atoms with Crippen molar-refractivity contribution in [1.82, 2.24) is 4.98 Å². The third-order valence-electron chi connectivity index (χ3n) is 3.56. The molecule has 0 radical (unpaired) electrons. The Bertz CT molecular complexity index is 645. The highest BCUT2D eigenvalue weighted by Gasteiger charge is 2.34. The summed E-state index contributed by atoms with van der Waals surface area (Å²) < 4.78 is 18.6. The summed E-state index contributed by atoms with van der Waals surface area (Å²) in [5.41, 5.74) is 8.41. The van der Waals surface area contributed by atoms with E-state index in [2.05, 4.69) is 4.98 Å². The van der Waals surface area contributed by atoms with Crippen LogP contribution in [0.3, 0.4) is 0 Å². The zero-order valence-electron chi connectivity index (χ0n) is 10.9. The van der Waals surface area contributed by atoms with Crippen molar-refractivity contribution >= 4 is 11.6 Å². The van der Waals surface area contributed by atoms with Crippen LogP contribution in [0.2, 0.25) is 5.02 Å². The van der Waals surface area contributed by atoms with Crippen molar-refractivity contribution in [3.05, 3.63) is 46.9 Å². The molecule has 0 spiro atoms. The Hall–Kier alpha value is -1.65. The fourth-order valence-corrected chi connectivity index (χ4v) is 2.46. The molecule has 1 aromatic heterocycles. The molecule has 1 fully saturated rings. The number of aromatic nitrogens is 1. The SMILES string of the molecule is COc1cc(-c2ccc([C@H]3C[C@@H]3N)cn2)cc(Cl)c1F. The molecule has 20 heavy (non-hydrogen) atoms. The van der Waals surface area contributed by atoms with Gasteiger partial charge in [0.1, 0.15) is 0 Å². The number of rotatable bonds is 3. The van der Waals surface area contributed by atoms with Gasteiger partial charge >= 0.3 is 0 Å². The van der Waals surface area contributed by atoms with E-state index in [-0.39, 0.29) is 16.8 Å². The van der Waals surface area contributed by atoms with Crippen molar-refractivity contribution in [3.63, 3.8) is 0 Å². The molecule has 0 bridgehead atoms. The van der Waals surface area contributed by atoms with Gasteiger partial charge in [-0.3, -0.25) is 4.98 Å². The number of hydrogen-bond acceptors (Lipinski definition) is 3. The molecule has 5 heteroatoms. The van der Waals surface area contributed by atoms with Gasteiger partial charge in [-0.15, -0.1) is 0 Å². The normalized spacial score (nSPS) is 20.8. The van der Waals surface area contributed by atoms with E-state index in [0.717, 1.165) is 23.2 Å². The van der Waals surface area contributed by atoms with Gasteiger partial charge in [0.2, 0.25) is 0 Å². The molecule has 1 aliphatic carbocycles. The Balaban J connectivity index is 1.94. The van der Waals surface area contributed by atoms with Crippen molar-refractivity contribution in [2.24, 2.45) is 5.73 Å². The second kappa shape index (κ2) is 5.04. The number of ether oxygens (including phenoxy) is 1. The molecule has 0 aliphatic heterocycles. The van der Waals surface area contributed by atoms with Crippen molar-refractivity contribution in [3.8, 4) is 17.0 Å². The Morgan fingerprint density at radius 3 is 2.70 bits per heavy atom. The summed E-state index contributed by atoms with van der Waals surface area (Å²) in [6.45, 7) is 0. The topological polar surface area (TPSA) is 48.1 Å². The lowest BCUT2D eigenvalue weighted by Crippen LogP contribution is -2.01. The molecule has 3 rings (SSSR count). The zero-order valence-corrected chi connectivity index (χ0v) is 11.7. The van der Waals surface area contributed by atoms with Gasteiger partial charge in [0, 0.05) is 23.7 Å². The summed E-state index contributed by atoms with van der Waals surface area (Å²) in [7, 11) is 1.41. The van der Waals surface area contributed by atoms with Crippen LogP contribution in [0.5, 0.6) is 5.75 Å². The van der Waals surface area contributed by atoms with E-state index in [9.17, 15) is 4.39 Å². The maximum absolute atomic E-state index is 13.6. The monoisotopic (exact) mass is 292 g/mol. The van der Waals surface area contributed by atoms with Crippen molar-refractivity contribution in [2.75, 3.05) is 7.11 Å². The van der Waals surface area contributed by atoms with E-state index in [1.807, 2.05) is 18.3 Å². The van der Waals surface area contributed by atoms with E-state index in [1.165, 1.54) is 7.11 Å². The van der Waals surface area contributed by atoms with Gasteiger partial charge in [0.15, 0.2) is 11.6 Å². The number of halogens is 2. The van der Waals surface area contributed by atoms with E-state index in [4.69, 9.17) is 22.1 Å². The van der Waals surface area contributed by atoms with Crippen LogP contribution in [-0.2, 0) is 0 Å². The molecule has 1 aromatic carbocycles. The largest absolute Gasteiger partial charge is 0.494 e. The number of methoxy groups -OCH3 is 1. The van der Waals surface area contributed by atoms with Crippen LogP contribution in [0.25, 0.3) is 11.3 Å². The highest BCUT2D eigenvalue weighted by atomic mass is 35.5. The van der Waals surface area contributed by atoms with E-state index < -0.39 is 5.82 Å². The van der Waals surface area contributed by atoms with Crippen LogP contribution in [0.4, 0.5) is 4.39 Å². The summed E-state index contributed by atoms with van der Waals surface area (Å²) in [5, 5.41) is 0.0226. The number of nitrogens with two attached hydrogens (primary N) is 1. The molecular weight excluding hydrogens is 279 g/mol. The average molecular weight is 293 g/mol. The Labute approximate surface area is 121 Å². The standard InChI is InChI=1S/C15H14ClFN2O/c1-20-14-5-9(4-11(16)15(14)17)13-3-2-8(7-19-13)10-6-12(10)18/h2-5,7,10,12H,6,18H2,1H3/t10-,12+/m1/s1. The highest BCUT2D eigenvalue weighted by molar-refractivity contribution is 6.31. The first-order valence-electron chi connectivity index (χ1n) is 6.35. The molecule has 1 aliphatic rings. The number of pyridine rings is 1. The van der Waals surface area contributed by atoms with Crippen LogP contribution in [0, 0.1) is 5.82 Å². The molecule has 1 saturated carbocycles. The molecule has 2 N–H and O–H groups in total. The molecule has 2 atom stereocenters. The predicted octanol–water partition coefficient (Wildman–Crippen LogP) is 3.36. The second-order valence-corrected chi connectivity index (χ2v) is 5.36. The fraction of sp³-hybridized carbons (Fsp3) is 0.267. The minimum absolute atomic E-state index is 0.0226. The van der Waals surface area contributed by atoms with Crippen LogP contribution < -0.4 is 10.5 Å². The van der Waals surface area contributed by atoms with Gasteiger partial charge in [-0.2, -0.15) is 0 Å². The quantitative estimate of drug-likeness (QED) is 0.943. The van der Waals surface area contributed by atoms with Crippen molar-refractivity contribution in [1.29, 1.82) is 0 Å². The second-order valence-electron chi connectivity index (χ2n) is 4.96. The Morgan fingerprint density at radius 1 is 1.40 bits per heavy atom. The summed E-state index contributed by atoms with van der Waals surface area (Å²) in [6, 6.07) is 7.28. The summed E-state index contributed by atoms with van der Waals surface area (Å²) >= 11 is 5.86. The van der Waals surface area contributed by atoms with Crippen LogP contribution in [-0.4, -0.2) is 18.1 Å². The van der Waals surface area contributed by atoms with Gasteiger partial charge < -0.3 is 10.5 Å². The smallest absolute Gasteiger partial charge is 0.183 e. The van der Waals surface area contributed by atoms with Crippen molar-refractivity contribution < 1.29 is 9.13 Å². The Kier molecular flexibility index (Phi) is 3.36. The molecule has 0 saturated heterocycles. The fourth-order valence-electron chi connectivity index (χ4n) is 2.25. The number of hydrogen-bond donors (Lipinski definition) is 1. The molecule has 1 heterocycles. The lowest BCUT2D eigenvalue weighted by Gasteiger charge is -2.08. The van der Waals surface area contributed by atoms with Crippen LogP contribution in [0.15, 0.2) is 30.5 Å². The van der Waals surface area contributed by atoms with E-state index in [1.54, 1.807) is 12.1 Å². The summed E-state index contributed by atoms with van der Waals surface area (Å²) in [6.07, 6.45) is 2.83. The summed E-state index contributed by atoms with van der Waals surface area (Å²) in [5.74, 6) is -0.0241. The molecule has 3 nitrogen and oxygen atoms in total. The van der Waals surface area contributed by atoms with Crippen molar-refractivity contribution in [2.45, 2.75) is 18.4 Å². The molecule has 104 valence electrons. The third kappa shape index (κ3) is 2.37. The first-order valence-corrected chi connectivity index (χ1v) is 6.73. The predicted molar refractivity (Wildman–Crippen MR) is 76.5 cm³/mol. The maximum atomic E-state index is 13.6. The van der Waals surface area contributed by atoms with Crippen LogP contribution >= 0.6 is 11.6 Å². The zero-order chi connectivity index (χ0) is 14.3. The van der Waals surface area contributed by atoms with Gasteiger partial charge in [0.25, 0.3) is 0 Å². The van der Waals surface area contributed by atoms with Gasteiger partial charge in [-0.25, -0.2) is 4.39 Å². The number of nitrogens with zero attached hydrogens (tertiary/aromatic N) is 1. The minimum Gasteiger partial charge on any atom is -0.494 e. The van der Waals surface area contributed by atoms with Gasteiger partial charge in [-0.1, -0.05) is 17.7 Å². The molecule has 2 aromatic rings. The van der Waals surface area contributed by atoms with E-state index >= 15 is 0 Å². The first kappa shape index (κ1) is 13.3. The van der Waals surface area contributed by atoms with E-state index in [0.29, 0.717) is 5.92 Å².